The number of Topliss-reactive ketones (excluding diaryl/α,β-unsaturated/α-hetero) is 1. The minimum atomic E-state index is 0.00755. The quantitative estimate of drug-likeness (QED) is 0.327. The number of imidazole rings is 1. The van der Waals surface area contributed by atoms with Gasteiger partial charge in [0.2, 0.25) is 0 Å². The van der Waals surface area contributed by atoms with Gasteiger partial charge in [0.1, 0.15) is 11.5 Å². The Kier molecular flexibility index (Phi) is 8.28. The summed E-state index contributed by atoms with van der Waals surface area (Å²) in [6, 6.07) is 15.5. The third-order valence-electron chi connectivity index (χ3n) is 5.55. The van der Waals surface area contributed by atoms with Crippen molar-refractivity contribution in [3.05, 3.63) is 82.9 Å². The summed E-state index contributed by atoms with van der Waals surface area (Å²) in [5.74, 6) is 2.04. The van der Waals surface area contributed by atoms with Crippen molar-refractivity contribution in [2.24, 2.45) is 5.92 Å². The van der Waals surface area contributed by atoms with Gasteiger partial charge in [0.15, 0.2) is 5.78 Å². The number of ketones is 1. The fraction of sp³-hybridized carbons (Fsp3) is 0.346. The van der Waals surface area contributed by atoms with Crippen molar-refractivity contribution in [2.45, 2.75) is 53.0 Å². The number of hydrogen-bond donors (Lipinski definition) is 1. The highest BCUT2D eigenvalue weighted by Gasteiger charge is 2.11. The molecule has 0 saturated heterocycles. The lowest BCUT2D eigenvalue weighted by atomic mass is 9.88. The molecule has 0 amide bonds. The van der Waals surface area contributed by atoms with Crippen molar-refractivity contribution in [3.63, 3.8) is 0 Å². The smallest absolute Gasteiger partial charge is 0.176 e. The van der Waals surface area contributed by atoms with Crippen molar-refractivity contribution in [3.8, 4) is 0 Å². The second kappa shape index (κ2) is 11.1. The molecule has 2 N–H and O–H groups in total. The van der Waals surface area contributed by atoms with Gasteiger partial charge in [-0.05, 0) is 60.6 Å². The van der Waals surface area contributed by atoms with Crippen molar-refractivity contribution in [1.29, 1.82) is 0 Å². The normalized spacial score (nSPS) is 11.9. The van der Waals surface area contributed by atoms with Gasteiger partial charge in [-0.2, -0.15) is 5.10 Å². The summed E-state index contributed by atoms with van der Waals surface area (Å²) in [5, 5.41) is 4.94. The molecule has 0 aliphatic heterocycles. The molecule has 1 aromatic carbocycles. The molecule has 1 atom stereocenters. The van der Waals surface area contributed by atoms with Gasteiger partial charge in [-0.1, -0.05) is 50.6 Å². The summed E-state index contributed by atoms with van der Waals surface area (Å²) >= 11 is 5.87. The topological polar surface area (TPSA) is 78.2 Å². The van der Waals surface area contributed by atoms with Crippen LogP contribution in [0.4, 0.5) is 5.82 Å². The van der Waals surface area contributed by atoms with Gasteiger partial charge in [0, 0.05) is 18.1 Å². The third-order valence-corrected chi connectivity index (χ3v) is 5.81. The average molecular weight is 466 g/mol. The van der Waals surface area contributed by atoms with E-state index in [1.165, 1.54) is 18.4 Å². The highest BCUT2D eigenvalue weighted by Crippen LogP contribution is 2.27. The van der Waals surface area contributed by atoms with Crippen LogP contribution in [0.2, 0.25) is 5.02 Å². The van der Waals surface area contributed by atoms with E-state index >= 15 is 0 Å². The van der Waals surface area contributed by atoms with Crippen LogP contribution in [0.5, 0.6) is 0 Å². The fourth-order valence-electron chi connectivity index (χ4n) is 3.90. The Hall–Kier alpha value is -3.12. The summed E-state index contributed by atoms with van der Waals surface area (Å²) < 4.78 is 3.45. The molecule has 0 fully saturated rings. The van der Waals surface area contributed by atoms with E-state index in [1.807, 2.05) is 30.5 Å². The Balaban J connectivity index is 0.000000196. The number of hydrogen-bond acceptors (Lipinski definition) is 4. The lowest BCUT2D eigenvalue weighted by Gasteiger charge is -2.17. The molecule has 3 heterocycles. The first-order valence-corrected chi connectivity index (χ1v) is 11.7. The van der Waals surface area contributed by atoms with Crippen molar-refractivity contribution < 1.29 is 4.79 Å². The molecule has 4 aromatic rings. The van der Waals surface area contributed by atoms with E-state index in [0.29, 0.717) is 24.0 Å². The predicted octanol–water partition coefficient (Wildman–Crippen LogP) is 6.24. The lowest BCUT2D eigenvalue weighted by molar-refractivity contribution is 0.101. The molecule has 0 saturated carbocycles. The second-order valence-electron chi connectivity index (χ2n) is 8.63. The fourth-order valence-corrected chi connectivity index (χ4v) is 4.02. The van der Waals surface area contributed by atoms with E-state index in [0.717, 1.165) is 22.3 Å². The molecule has 0 aliphatic rings. The zero-order valence-corrected chi connectivity index (χ0v) is 20.5. The number of nitrogens with two attached hydrogens (primary N) is 1. The zero-order chi connectivity index (χ0) is 24.0. The Morgan fingerprint density at radius 2 is 1.85 bits per heavy atom. The first-order chi connectivity index (χ1) is 15.8. The minimum Gasteiger partial charge on any atom is -0.384 e. The Morgan fingerprint density at radius 1 is 1.12 bits per heavy atom. The van der Waals surface area contributed by atoms with Crippen LogP contribution in [0.3, 0.4) is 0 Å². The van der Waals surface area contributed by atoms with Gasteiger partial charge < -0.3 is 5.73 Å². The number of benzene rings is 1. The molecule has 0 aliphatic carbocycles. The maximum atomic E-state index is 11.6. The van der Waals surface area contributed by atoms with Crippen molar-refractivity contribution in [2.75, 3.05) is 5.73 Å². The van der Waals surface area contributed by atoms with Gasteiger partial charge in [-0.15, -0.1) is 0 Å². The van der Waals surface area contributed by atoms with Gasteiger partial charge in [-0.3, -0.25) is 9.20 Å². The minimum absolute atomic E-state index is 0.00755. The van der Waals surface area contributed by atoms with Gasteiger partial charge >= 0.3 is 0 Å². The third kappa shape index (κ3) is 6.45. The summed E-state index contributed by atoms with van der Waals surface area (Å²) in [5.41, 5.74) is 9.36. The van der Waals surface area contributed by atoms with Crippen LogP contribution in [0, 0.1) is 5.92 Å². The number of pyridine rings is 1. The Morgan fingerprint density at radius 3 is 2.42 bits per heavy atom. The number of carbonyl (C=O) groups excluding carboxylic acids is 1. The molecule has 0 spiro atoms. The number of carbonyl (C=O) groups is 1. The summed E-state index contributed by atoms with van der Waals surface area (Å²) in [4.78, 5) is 16.0. The summed E-state index contributed by atoms with van der Waals surface area (Å²) in [7, 11) is 0. The summed E-state index contributed by atoms with van der Waals surface area (Å²) in [6.45, 7) is 8.83. The molecule has 1 unspecified atom stereocenters. The molecule has 4 rings (SSSR count). The molecular weight excluding hydrogens is 434 g/mol. The van der Waals surface area contributed by atoms with Crippen molar-refractivity contribution >= 4 is 28.8 Å². The zero-order valence-electron chi connectivity index (χ0n) is 19.7. The number of anilines is 1. The molecular formula is C26H32ClN5O. The van der Waals surface area contributed by atoms with Gasteiger partial charge in [0.25, 0.3) is 0 Å². The molecule has 174 valence electrons. The van der Waals surface area contributed by atoms with Crippen LogP contribution in [-0.2, 0) is 6.54 Å². The monoisotopic (exact) mass is 465 g/mol. The lowest BCUT2D eigenvalue weighted by Crippen LogP contribution is -2.05. The SMILES string of the molecule is CC(=O)c1cccc2nc(Cn3nccc3N)cn12.CCC(CC(C)C)c1ccc(Cl)cc1. The maximum absolute atomic E-state index is 11.6. The second-order valence-corrected chi connectivity index (χ2v) is 9.06. The van der Waals surface area contributed by atoms with Gasteiger partial charge in [0.05, 0.1) is 24.1 Å². The van der Waals surface area contributed by atoms with E-state index in [4.69, 9.17) is 17.3 Å². The molecule has 0 bridgehead atoms. The van der Waals surface area contributed by atoms with E-state index < -0.39 is 0 Å². The van der Waals surface area contributed by atoms with E-state index in [2.05, 4.69) is 43.0 Å². The highest BCUT2D eigenvalue weighted by atomic mass is 35.5. The van der Waals surface area contributed by atoms with Gasteiger partial charge in [-0.25, -0.2) is 9.67 Å². The number of nitrogens with zero attached hydrogens (tertiary/aromatic N) is 4. The Labute approximate surface area is 200 Å². The molecule has 3 aromatic heterocycles. The number of aromatic nitrogens is 4. The van der Waals surface area contributed by atoms with Crippen LogP contribution in [0.1, 0.15) is 68.2 Å². The largest absolute Gasteiger partial charge is 0.384 e. The first-order valence-electron chi connectivity index (χ1n) is 11.3. The Bertz CT molecular complexity index is 1190. The first kappa shape index (κ1) is 24.5. The van der Waals surface area contributed by atoms with Crippen LogP contribution < -0.4 is 5.73 Å². The summed E-state index contributed by atoms with van der Waals surface area (Å²) in [6.07, 6.45) is 5.96. The predicted molar refractivity (Wildman–Crippen MR) is 135 cm³/mol. The number of rotatable bonds is 7. The molecule has 7 heteroatoms. The van der Waals surface area contributed by atoms with E-state index in [-0.39, 0.29) is 5.78 Å². The number of fused-ring (bicyclic) bond motifs is 1. The number of halogens is 1. The standard InChI is InChI=1S/C13H19Cl.C13H13N5O/c1-4-11(9-10(2)3)12-5-7-13(14)8-6-12;1-9(19)11-3-2-4-13-16-10(7-17(11)13)8-18-12(14)5-6-15-18/h5-8,10-11H,4,9H2,1-3H3;2-7H,8,14H2,1H3. The van der Waals surface area contributed by atoms with Crippen LogP contribution in [0.25, 0.3) is 5.65 Å². The van der Waals surface area contributed by atoms with E-state index in [9.17, 15) is 4.79 Å². The molecule has 33 heavy (non-hydrogen) atoms. The molecule has 6 nitrogen and oxygen atoms in total. The molecule has 0 radical (unpaired) electrons. The van der Waals surface area contributed by atoms with Crippen LogP contribution in [-0.4, -0.2) is 24.9 Å². The average Bonchev–Trinajstić information content (AvgIpc) is 3.38. The number of nitrogen functional groups attached to an aromatic ring is 1. The van der Waals surface area contributed by atoms with Crippen LogP contribution >= 0.6 is 11.6 Å². The van der Waals surface area contributed by atoms with Crippen LogP contribution in [0.15, 0.2) is 60.9 Å². The van der Waals surface area contributed by atoms with Crippen molar-refractivity contribution in [1.82, 2.24) is 19.2 Å². The maximum Gasteiger partial charge on any atom is 0.176 e. The van der Waals surface area contributed by atoms with E-state index in [1.54, 1.807) is 34.3 Å². The highest BCUT2D eigenvalue weighted by molar-refractivity contribution is 6.30.